The van der Waals surface area contributed by atoms with E-state index in [2.05, 4.69) is 36.3 Å². The zero-order valence-corrected chi connectivity index (χ0v) is 14.9. The molecule has 0 aromatic carbocycles. The third kappa shape index (κ3) is 4.85. The molecule has 0 amide bonds. The van der Waals surface area contributed by atoms with Crippen LogP contribution in [0.4, 0.5) is 0 Å². The molecule has 2 aliphatic rings. The predicted molar refractivity (Wildman–Crippen MR) is 97.5 cm³/mol. The molecule has 3 heteroatoms. The number of unbranched alkanes of at least 4 members (excludes halogenated alkanes) is 1. The van der Waals surface area contributed by atoms with Crippen molar-refractivity contribution in [3.05, 3.63) is 24.4 Å². The van der Waals surface area contributed by atoms with Gasteiger partial charge in [-0.25, -0.2) is 0 Å². The Balaban J connectivity index is 0.00000242. The van der Waals surface area contributed by atoms with E-state index in [1.165, 1.54) is 83.2 Å². The van der Waals surface area contributed by atoms with Gasteiger partial charge in [0.05, 0.1) is 0 Å². The zero-order valence-electron chi connectivity index (χ0n) is 14.9. The molecule has 1 heterocycles. The van der Waals surface area contributed by atoms with Gasteiger partial charge >= 0.3 is 0 Å². The summed E-state index contributed by atoms with van der Waals surface area (Å²) in [5.74, 6) is 0. The van der Waals surface area contributed by atoms with E-state index in [1.54, 1.807) is 0 Å². The van der Waals surface area contributed by atoms with E-state index in [4.69, 9.17) is 0 Å². The van der Waals surface area contributed by atoms with Crippen LogP contribution in [0.1, 0.15) is 65.2 Å². The molecule has 3 N–H and O–H groups in total. The fourth-order valence-corrected chi connectivity index (χ4v) is 4.00. The van der Waals surface area contributed by atoms with Gasteiger partial charge in [0.15, 0.2) is 0 Å². The first kappa shape index (κ1) is 19.2. The lowest BCUT2D eigenvalue weighted by Crippen LogP contribution is -2.56. The van der Waals surface area contributed by atoms with Gasteiger partial charge in [-0.2, -0.15) is 0 Å². The van der Waals surface area contributed by atoms with Crippen molar-refractivity contribution >= 4 is 0 Å². The van der Waals surface area contributed by atoms with Gasteiger partial charge in [-0.15, -0.1) is 0 Å². The van der Waals surface area contributed by atoms with Gasteiger partial charge < -0.3 is 11.1 Å². The lowest BCUT2D eigenvalue weighted by Gasteiger charge is -2.48. The number of hydrogen-bond acceptors (Lipinski definition) is 3. The molecule has 3 nitrogen and oxygen atoms in total. The highest BCUT2D eigenvalue weighted by Gasteiger charge is 2.35. The Morgan fingerprint density at radius 1 is 1.09 bits per heavy atom. The molecule has 1 aliphatic carbocycles. The second-order valence-electron chi connectivity index (χ2n) is 7.03. The van der Waals surface area contributed by atoms with Gasteiger partial charge in [0.2, 0.25) is 0 Å². The smallest absolute Gasteiger partial charge is 0.0303 e. The average molecular weight is 308 g/mol. The Morgan fingerprint density at radius 3 is 2.27 bits per heavy atom. The van der Waals surface area contributed by atoms with E-state index < -0.39 is 0 Å². The fraction of sp³-hybridized carbons (Fsp3) is 0.789. The molecule has 0 unspecified atom stereocenters. The van der Waals surface area contributed by atoms with E-state index in [1.807, 2.05) is 6.08 Å². The maximum atomic E-state index is 3.89. The minimum Gasteiger partial charge on any atom is -0.372 e. The molecule has 0 spiro atoms. The largest absolute Gasteiger partial charge is 0.372 e. The minimum absolute atomic E-state index is 0. The number of nitrogens with zero attached hydrogens (tertiary/aromatic N) is 2. The lowest BCUT2D eigenvalue weighted by molar-refractivity contribution is 0.0271. The van der Waals surface area contributed by atoms with Crippen LogP contribution in [0.2, 0.25) is 0 Å². The Morgan fingerprint density at radius 2 is 1.73 bits per heavy atom. The predicted octanol–water partition coefficient (Wildman–Crippen LogP) is 4.75. The normalized spacial score (nSPS) is 23.0. The zero-order chi connectivity index (χ0) is 15.1. The van der Waals surface area contributed by atoms with Crippen molar-refractivity contribution < 1.29 is 0 Å². The molecule has 1 saturated heterocycles. The van der Waals surface area contributed by atoms with Crippen LogP contribution in [0.3, 0.4) is 0 Å². The van der Waals surface area contributed by atoms with Crippen LogP contribution in [0.25, 0.3) is 0 Å². The van der Waals surface area contributed by atoms with E-state index in [0.29, 0.717) is 5.54 Å². The first-order valence-electron chi connectivity index (χ1n) is 9.01. The van der Waals surface area contributed by atoms with Crippen molar-refractivity contribution in [1.29, 1.82) is 0 Å². The van der Waals surface area contributed by atoms with Gasteiger partial charge in [-0.05, 0) is 38.7 Å². The van der Waals surface area contributed by atoms with Crippen LogP contribution in [-0.2, 0) is 0 Å². The quantitative estimate of drug-likeness (QED) is 0.720. The molecular formula is C19H37N3. The topological polar surface area (TPSA) is 41.5 Å². The minimum atomic E-state index is 0. The third-order valence-corrected chi connectivity index (χ3v) is 5.48. The highest BCUT2D eigenvalue weighted by molar-refractivity contribution is 5.11. The van der Waals surface area contributed by atoms with Gasteiger partial charge in [0.1, 0.15) is 0 Å². The standard InChI is InChI=1S/C19H34N2.H3N/c1-4-6-11-18(10-5-2)20-14-16-21(17-15-20)19(3)12-8-7-9-13-19;/h5,10H,2,4,6-9,11-17H2,1,3H3;1H3/b18-10+;. The maximum absolute atomic E-state index is 3.89. The molecule has 22 heavy (non-hydrogen) atoms. The Hall–Kier alpha value is -0.800. The van der Waals surface area contributed by atoms with Crippen molar-refractivity contribution in [3.8, 4) is 0 Å². The summed E-state index contributed by atoms with van der Waals surface area (Å²) >= 11 is 0. The Kier molecular flexibility index (Phi) is 8.19. The summed E-state index contributed by atoms with van der Waals surface area (Å²) in [6.45, 7) is 13.5. The molecule has 2 fully saturated rings. The highest BCUT2D eigenvalue weighted by Crippen LogP contribution is 2.34. The number of piperazine rings is 1. The van der Waals surface area contributed by atoms with Crippen molar-refractivity contribution in [2.45, 2.75) is 70.8 Å². The fourth-order valence-electron chi connectivity index (χ4n) is 4.00. The summed E-state index contributed by atoms with van der Waals surface area (Å²) in [7, 11) is 0. The summed E-state index contributed by atoms with van der Waals surface area (Å²) < 4.78 is 0. The van der Waals surface area contributed by atoms with Crippen LogP contribution >= 0.6 is 0 Å². The summed E-state index contributed by atoms with van der Waals surface area (Å²) in [4.78, 5) is 5.37. The summed E-state index contributed by atoms with van der Waals surface area (Å²) in [6, 6.07) is 0. The van der Waals surface area contributed by atoms with Crippen LogP contribution < -0.4 is 6.15 Å². The van der Waals surface area contributed by atoms with Crippen molar-refractivity contribution in [2.75, 3.05) is 26.2 Å². The van der Waals surface area contributed by atoms with E-state index in [-0.39, 0.29) is 6.15 Å². The highest BCUT2D eigenvalue weighted by atomic mass is 15.3. The summed E-state index contributed by atoms with van der Waals surface area (Å²) in [5, 5.41) is 0. The van der Waals surface area contributed by atoms with E-state index in [9.17, 15) is 0 Å². The van der Waals surface area contributed by atoms with E-state index in [0.717, 1.165) is 0 Å². The van der Waals surface area contributed by atoms with Gasteiger partial charge in [0, 0.05) is 37.4 Å². The molecule has 0 atom stereocenters. The molecular weight excluding hydrogens is 270 g/mol. The molecule has 2 rings (SSSR count). The second kappa shape index (κ2) is 9.36. The number of hydrogen-bond donors (Lipinski definition) is 1. The van der Waals surface area contributed by atoms with Crippen LogP contribution in [0.15, 0.2) is 24.4 Å². The molecule has 128 valence electrons. The van der Waals surface area contributed by atoms with Gasteiger partial charge in [0.25, 0.3) is 0 Å². The summed E-state index contributed by atoms with van der Waals surface area (Å²) in [5.41, 5.74) is 1.98. The van der Waals surface area contributed by atoms with Gasteiger partial charge in [-0.3, -0.25) is 4.90 Å². The maximum Gasteiger partial charge on any atom is 0.0303 e. The second-order valence-corrected chi connectivity index (χ2v) is 7.03. The number of rotatable bonds is 6. The van der Waals surface area contributed by atoms with Gasteiger partial charge in [-0.1, -0.05) is 45.3 Å². The Bertz CT molecular complexity index is 348. The molecule has 0 bridgehead atoms. The first-order chi connectivity index (χ1) is 10.2. The molecule has 0 radical (unpaired) electrons. The number of allylic oxidation sites excluding steroid dienone is 3. The average Bonchev–Trinajstić information content (AvgIpc) is 2.52. The van der Waals surface area contributed by atoms with Crippen molar-refractivity contribution in [3.63, 3.8) is 0 Å². The van der Waals surface area contributed by atoms with Crippen LogP contribution in [0.5, 0.6) is 0 Å². The summed E-state index contributed by atoms with van der Waals surface area (Å²) in [6.07, 6.45) is 15.1. The third-order valence-electron chi connectivity index (χ3n) is 5.48. The van der Waals surface area contributed by atoms with Crippen LogP contribution in [-0.4, -0.2) is 41.5 Å². The SMILES string of the molecule is C=C/C=C(\CCCC)N1CCN(C2(C)CCCCC2)CC1.N. The van der Waals surface area contributed by atoms with Crippen molar-refractivity contribution in [1.82, 2.24) is 16.0 Å². The van der Waals surface area contributed by atoms with E-state index >= 15 is 0 Å². The molecule has 0 aromatic heterocycles. The molecule has 1 saturated carbocycles. The molecule has 0 aromatic rings. The van der Waals surface area contributed by atoms with Crippen molar-refractivity contribution in [2.24, 2.45) is 0 Å². The lowest BCUT2D eigenvalue weighted by atomic mass is 9.81. The Labute approximate surface area is 138 Å². The molecule has 1 aliphatic heterocycles. The van der Waals surface area contributed by atoms with Crippen LogP contribution in [0, 0.1) is 0 Å². The monoisotopic (exact) mass is 307 g/mol. The first-order valence-corrected chi connectivity index (χ1v) is 9.01.